The van der Waals surface area contributed by atoms with Crippen LogP contribution in [0.2, 0.25) is 0 Å². The van der Waals surface area contributed by atoms with E-state index in [9.17, 15) is 14.4 Å². The van der Waals surface area contributed by atoms with Crippen LogP contribution in [0.4, 0.5) is 4.79 Å². The zero-order valence-electron chi connectivity index (χ0n) is 22.5. The Bertz CT molecular complexity index is 1480. The quantitative estimate of drug-likeness (QED) is 0.501. The van der Waals surface area contributed by atoms with Crippen molar-refractivity contribution >= 4 is 28.6 Å². The van der Waals surface area contributed by atoms with E-state index in [0.29, 0.717) is 26.1 Å². The number of piperazine rings is 1. The second-order valence-electron chi connectivity index (χ2n) is 10.7. The average Bonchev–Trinajstić information content (AvgIpc) is 2.99. The summed E-state index contributed by atoms with van der Waals surface area (Å²) in [5.41, 5.74) is 3.21. The minimum absolute atomic E-state index is 0.0757. The van der Waals surface area contributed by atoms with Crippen LogP contribution in [0.5, 0.6) is 0 Å². The third-order valence-corrected chi connectivity index (χ3v) is 8.19. The number of hydrogen-bond donors (Lipinski definition) is 1. The molecule has 2 aliphatic heterocycles. The zero-order chi connectivity index (χ0) is 27.5. The molecule has 2 saturated heterocycles. The molecule has 1 aliphatic carbocycles. The van der Waals surface area contributed by atoms with Crippen molar-refractivity contribution in [2.24, 2.45) is 0 Å². The minimum atomic E-state index is -0.676. The molecule has 4 amide bonds. The smallest absolute Gasteiger partial charge is 0.319 e. The monoisotopic (exact) mass is 534 g/mol. The molecule has 0 bridgehead atoms. The number of carbonyl (C=O) groups excluding carboxylic acids is 3. The van der Waals surface area contributed by atoms with Crippen LogP contribution in [-0.4, -0.2) is 64.4 Å². The van der Waals surface area contributed by atoms with Crippen molar-refractivity contribution in [1.82, 2.24) is 20.0 Å². The lowest BCUT2D eigenvalue weighted by Gasteiger charge is -2.52. The molecule has 40 heavy (non-hydrogen) atoms. The van der Waals surface area contributed by atoms with E-state index in [4.69, 9.17) is 0 Å². The Morgan fingerprint density at radius 1 is 0.925 bits per heavy atom. The number of benzene rings is 3. The van der Waals surface area contributed by atoms with Crippen LogP contribution in [0.15, 0.2) is 96.6 Å². The SMILES string of the molecule is O=C1[C@H](Cc2ccccc2)N2C(=O)CCN(C(=O)NCC3=CC=CCC3)C2CN1Cc1cccc2ccccc12. The Morgan fingerprint density at radius 2 is 1.73 bits per heavy atom. The largest absolute Gasteiger partial charge is 0.334 e. The molecular weight excluding hydrogens is 500 g/mol. The predicted octanol–water partition coefficient (Wildman–Crippen LogP) is 4.64. The fourth-order valence-corrected chi connectivity index (χ4v) is 6.12. The second-order valence-corrected chi connectivity index (χ2v) is 10.7. The molecule has 3 aliphatic rings. The zero-order valence-corrected chi connectivity index (χ0v) is 22.5. The van der Waals surface area contributed by atoms with E-state index < -0.39 is 12.2 Å². The van der Waals surface area contributed by atoms with Gasteiger partial charge in [0.1, 0.15) is 12.2 Å². The number of nitrogens with one attached hydrogen (secondary N) is 1. The molecule has 2 fully saturated rings. The number of fused-ring (bicyclic) bond motifs is 2. The van der Waals surface area contributed by atoms with Gasteiger partial charge in [0.15, 0.2) is 0 Å². The first-order valence-electron chi connectivity index (χ1n) is 14.1. The van der Waals surface area contributed by atoms with E-state index in [1.807, 2.05) is 59.5 Å². The number of hydrogen-bond acceptors (Lipinski definition) is 3. The topological polar surface area (TPSA) is 73.0 Å². The molecule has 204 valence electrons. The van der Waals surface area contributed by atoms with Gasteiger partial charge in [-0.2, -0.15) is 0 Å². The van der Waals surface area contributed by atoms with Crippen LogP contribution in [0.25, 0.3) is 10.8 Å². The summed E-state index contributed by atoms with van der Waals surface area (Å²) in [6, 6.07) is 23.2. The molecule has 6 rings (SSSR count). The molecule has 0 saturated carbocycles. The van der Waals surface area contributed by atoms with Crippen LogP contribution in [0, 0.1) is 0 Å². The first-order chi connectivity index (χ1) is 19.6. The maximum Gasteiger partial charge on any atom is 0.319 e. The molecule has 1 N–H and O–H groups in total. The summed E-state index contributed by atoms with van der Waals surface area (Å²) in [5, 5.41) is 5.30. The van der Waals surface area contributed by atoms with E-state index in [1.165, 1.54) is 5.57 Å². The molecule has 1 unspecified atom stereocenters. The average molecular weight is 535 g/mol. The van der Waals surface area contributed by atoms with E-state index in [-0.39, 0.29) is 30.8 Å². The van der Waals surface area contributed by atoms with Gasteiger partial charge in [0.05, 0.1) is 6.54 Å². The van der Waals surface area contributed by atoms with Crippen LogP contribution in [0.1, 0.15) is 30.4 Å². The highest BCUT2D eigenvalue weighted by Crippen LogP contribution is 2.30. The molecule has 7 heteroatoms. The first-order valence-corrected chi connectivity index (χ1v) is 14.1. The number of amides is 4. The fraction of sp³-hybridized carbons (Fsp3) is 0.303. The van der Waals surface area contributed by atoms with Gasteiger partial charge >= 0.3 is 6.03 Å². The molecule has 7 nitrogen and oxygen atoms in total. The van der Waals surface area contributed by atoms with Crippen molar-refractivity contribution in [2.45, 2.75) is 44.4 Å². The molecule has 3 aromatic rings. The standard InChI is InChI=1S/C33H34N4O3/c38-31-18-19-36(33(40)34-21-25-12-5-2-6-13-25)30-23-35(22-27-16-9-15-26-14-7-8-17-28(26)27)32(39)29(37(30)31)20-24-10-3-1-4-11-24/h1-5,7-12,14-17,29-30H,6,13,18-23H2,(H,34,40)/t29-,30?/m0/s1. The summed E-state index contributed by atoms with van der Waals surface area (Å²) in [6.45, 7) is 1.50. The first kappa shape index (κ1) is 25.9. The summed E-state index contributed by atoms with van der Waals surface area (Å²) in [5.74, 6) is -0.156. The van der Waals surface area contributed by atoms with Gasteiger partial charge in [-0.1, -0.05) is 96.6 Å². The molecule has 0 radical (unpaired) electrons. The molecule has 2 heterocycles. The highest BCUT2D eigenvalue weighted by Gasteiger charge is 2.48. The Kier molecular flexibility index (Phi) is 7.36. The summed E-state index contributed by atoms with van der Waals surface area (Å²) in [7, 11) is 0. The predicted molar refractivity (Wildman–Crippen MR) is 155 cm³/mol. The third-order valence-electron chi connectivity index (χ3n) is 8.19. The van der Waals surface area contributed by atoms with Gasteiger partial charge in [-0.15, -0.1) is 0 Å². The maximum absolute atomic E-state index is 14.1. The van der Waals surface area contributed by atoms with Gasteiger partial charge in [-0.3, -0.25) is 9.59 Å². The lowest BCUT2D eigenvalue weighted by molar-refractivity contribution is -0.167. The molecule has 2 atom stereocenters. The van der Waals surface area contributed by atoms with E-state index in [0.717, 1.165) is 34.7 Å². The highest BCUT2D eigenvalue weighted by molar-refractivity contribution is 5.92. The summed E-state index contributed by atoms with van der Waals surface area (Å²) in [6.07, 6.45) is 8.19. The van der Waals surface area contributed by atoms with Crippen molar-refractivity contribution in [3.8, 4) is 0 Å². The van der Waals surface area contributed by atoms with Crippen LogP contribution in [-0.2, 0) is 22.6 Å². The molecule has 3 aromatic carbocycles. The molecule has 0 spiro atoms. The number of urea groups is 1. The summed E-state index contributed by atoms with van der Waals surface area (Å²) >= 11 is 0. The number of nitrogens with zero attached hydrogens (tertiary/aromatic N) is 3. The van der Waals surface area contributed by atoms with Crippen molar-refractivity contribution in [2.75, 3.05) is 19.6 Å². The number of allylic oxidation sites excluding steroid dienone is 3. The highest BCUT2D eigenvalue weighted by atomic mass is 16.2. The van der Waals surface area contributed by atoms with Gasteiger partial charge in [-0.05, 0) is 34.7 Å². The van der Waals surface area contributed by atoms with Crippen molar-refractivity contribution < 1.29 is 14.4 Å². The Hall–Kier alpha value is -4.39. The van der Waals surface area contributed by atoms with Crippen LogP contribution in [0.3, 0.4) is 0 Å². The second kappa shape index (κ2) is 11.4. The number of carbonyl (C=O) groups is 3. The van der Waals surface area contributed by atoms with Crippen molar-refractivity contribution in [3.63, 3.8) is 0 Å². The van der Waals surface area contributed by atoms with E-state index in [1.54, 1.807) is 9.80 Å². The van der Waals surface area contributed by atoms with Gasteiger partial charge < -0.3 is 20.0 Å². The van der Waals surface area contributed by atoms with E-state index in [2.05, 4.69) is 41.7 Å². The van der Waals surface area contributed by atoms with Gasteiger partial charge in [0.2, 0.25) is 11.8 Å². The van der Waals surface area contributed by atoms with Gasteiger partial charge in [0, 0.05) is 32.5 Å². The Morgan fingerprint density at radius 3 is 2.55 bits per heavy atom. The third kappa shape index (κ3) is 5.24. The van der Waals surface area contributed by atoms with E-state index >= 15 is 0 Å². The lowest BCUT2D eigenvalue weighted by Crippen LogP contribution is -2.72. The fourth-order valence-electron chi connectivity index (χ4n) is 6.12. The normalized spacial score (nSPS) is 20.9. The van der Waals surface area contributed by atoms with Gasteiger partial charge in [-0.25, -0.2) is 4.79 Å². The maximum atomic E-state index is 14.1. The number of rotatable bonds is 6. The van der Waals surface area contributed by atoms with Crippen LogP contribution < -0.4 is 5.32 Å². The minimum Gasteiger partial charge on any atom is -0.334 e. The molecular formula is C33H34N4O3. The lowest BCUT2D eigenvalue weighted by atomic mass is 9.96. The Balaban J connectivity index is 1.31. The Labute approximate surface area is 234 Å². The van der Waals surface area contributed by atoms with Crippen molar-refractivity contribution in [3.05, 3.63) is 108 Å². The van der Waals surface area contributed by atoms with Gasteiger partial charge in [0.25, 0.3) is 0 Å². The summed E-state index contributed by atoms with van der Waals surface area (Å²) < 4.78 is 0. The van der Waals surface area contributed by atoms with Crippen molar-refractivity contribution in [1.29, 1.82) is 0 Å². The summed E-state index contributed by atoms with van der Waals surface area (Å²) in [4.78, 5) is 46.2. The molecule has 0 aromatic heterocycles. The van der Waals surface area contributed by atoms with Crippen LogP contribution >= 0.6 is 0 Å².